The zero-order valence-electron chi connectivity index (χ0n) is 24.5. The van der Waals surface area contributed by atoms with Crippen molar-refractivity contribution in [2.24, 2.45) is 0 Å². The summed E-state index contributed by atoms with van der Waals surface area (Å²) in [4.78, 5) is 52.9. The van der Waals surface area contributed by atoms with Crippen molar-refractivity contribution in [3.63, 3.8) is 0 Å². The molecule has 0 fully saturated rings. The summed E-state index contributed by atoms with van der Waals surface area (Å²) in [7, 11) is 0. The van der Waals surface area contributed by atoms with Gasteiger partial charge in [-0.05, 0) is 0 Å². The fourth-order valence-electron chi connectivity index (χ4n) is 5.05. The summed E-state index contributed by atoms with van der Waals surface area (Å²) < 4.78 is 25.8. The van der Waals surface area contributed by atoms with Crippen LogP contribution in [0.4, 0.5) is 0 Å². The molecule has 0 bridgehead atoms. The van der Waals surface area contributed by atoms with Gasteiger partial charge in [0.15, 0.2) is 0 Å². The first-order valence-electron chi connectivity index (χ1n) is 14.0. The van der Waals surface area contributed by atoms with Gasteiger partial charge in [-0.3, -0.25) is 0 Å². The second kappa shape index (κ2) is 13.2. The fraction of sp³-hybridized carbons (Fsp3) is 0.0556. The Balaban J connectivity index is 1.86. The summed E-state index contributed by atoms with van der Waals surface area (Å²) in [5, 5.41) is 0. The molecule has 0 atom stereocenters. The number of benzene rings is 5. The third-order valence-corrected chi connectivity index (χ3v) is 20.4. The van der Waals surface area contributed by atoms with Gasteiger partial charge in [0.2, 0.25) is 0 Å². The first-order valence-corrected chi connectivity index (χ1v) is 19.9. The van der Waals surface area contributed by atoms with Gasteiger partial charge < -0.3 is 0 Å². The van der Waals surface area contributed by atoms with E-state index in [1.54, 1.807) is 115 Å². The number of rotatable bonds is 9. The number of para-hydroxylation sites is 2. The number of ether oxygens (including phenoxy) is 2. The molecule has 0 heterocycles. The molecular formula is C36H29O8Sb. The first-order chi connectivity index (χ1) is 21.7. The van der Waals surface area contributed by atoms with Crippen molar-refractivity contribution in [3.05, 3.63) is 151 Å². The van der Waals surface area contributed by atoms with Gasteiger partial charge in [-0.15, -0.1) is 0 Å². The summed E-state index contributed by atoms with van der Waals surface area (Å²) in [6, 6.07) is 39.0. The number of carbonyl (C=O) groups is 4. The second-order valence-corrected chi connectivity index (χ2v) is 20.8. The molecule has 0 aliphatic carbocycles. The Kier molecular flexibility index (Phi) is 9.16. The van der Waals surface area contributed by atoms with Crippen molar-refractivity contribution in [2.75, 3.05) is 0 Å². The predicted molar refractivity (Wildman–Crippen MR) is 170 cm³/mol. The second-order valence-electron chi connectivity index (χ2n) is 9.90. The third-order valence-electron chi connectivity index (χ3n) is 6.91. The molecule has 0 amide bonds. The molecule has 0 aliphatic heterocycles. The van der Waals surface area contributed by atoms with Crippen LogP contribution in [0.25, 0.3) is 0 Å². The van der Waals surface area contributed by atoms with Crippen LogP contribution in [-0.4, -0.2) is 42.1 Å². The Hall–Kier alpha value is -5.20. The molecule has 5 aromatic rings. The van der Waals surface area contributed by atoms with Gasteiger partial charge in [-0.25, -0.2) is 0 Å². The van der Waals surface area contributed by atoms with Gasteiger partial charge in [0.25, 0.3) is 0 Å². The number of hydrogen-bond acceptors (Lipinski definition) is 8. The molecule has 0 radical (unpaired) electrons. The number of esters is 2. The third kappa shape index (κ3) is 6.10. The molecule has 0 aliphatic rings. The molecule has 9 heteroatoms. The van der Waals surface area contributed by atoms with Crippen molar-refractivity contribution < 1.29 is 34.7 Å². The van der Waals surface area contributed by atoms with Gasteiger partial charge >= 0.3 is 263 Å². The maximum atomic E-state index is 14.5. The summed E-state index contributed by atoms with van der Waals surface area (Å²) in [5.74, 6) is -3.00. The molecule has 0 saturated carbocycles. The monoisotopic (exact) mass is 710 g/mol. The minimum atomic E-state index is -6.35. The van der Waals surface area contributed by atoms with Crippen LogP contribution in [0.3, 0.4) is 0 Å². The molecule has 0 saturated heterocycles. The Bertz CT molecular complexity index is 1680. The molecule has 0 aromatic heterocycles. The molecule has 0 N–H and O–H groups in total. The predicted octanol–water partition coefficient (Wildman–Crippen LogP) is 4.67. The van der Waals surface area contributed by atoms with Crippen molar-refractivity contribution in [3.8, 4) is 11.5 Å². The molecule has 226 valence electrons. The van der Waals surface area contributed by atoms with Crippen LogP contribution >= 0.6 is 0 Å². The van der Waals surface area contributed by atoms with E-state index >= 15 is 0 Å². The average Bonchev–Trinajstić information content (AvgIpc) is 3.05. The van der Waals surface area contributed by atoms with E-state index in [0.29, 0.717) is 10.5 Å². The average molecular weight is 711 g/mol. The number of carbonyl (C=O) groups excluding carboxylic acids is 4. The van der Waals surface area contributed by atoms with Gasteiger partial charge in [-0.2, -0.15) is 0 Å². The molecular weight excluding hydrogens is 682 g/mol. The quantitative estimate of drug-likeness (QED) is 0.124. The van der Waals surface area contributed by atoms with Gasteiger partial charge in [0, 0.05) is 0 Å². The van der Waals surface area contributed by atoms with Crippen molar-refractivity contribution in [1.29, 1.82) is 0 Å². The molecule has 5 rings (SSSR count). The van der Waals surface area contributed by atoms with E-state index in [1.165, 1.54) is 38.1 Å². The van der Waals surface area contributed by atoms with E-state index in [1.807, 2.05) is 0 Å². The first kappa shape index (κ1) is 31.2. The molecule has 0 unspecified atom stereocenters. The van der Waals surface area contributed by atoms with Gasteiger partial charge in [0.1, 0.15) is 0 Å². The molecule has 0 spiro atoms. The summed E-state index contributed by atoms with van der Waals surface area (Å²) in [5.41, 5.74) is -0.0740. The Morgan fingerprint density at radius 2 is 0.711 bits per heavy atom. The molecule has 5 aromatic carbocycles. The van der Waals surface area contributed by atoms with Crippen molar-refractivity contribution >= 4 is 52.6 Å². The van der Waals surface area contributed by atoms with E-state index in [2.05, 4.69) is 0 Å². The SMILES string of the molecule is CC(=O)Oc1ccccc1C(=O)[O][Sb]([O]C(=O)c1ccccc1OC(C)=O)([c]1ccccc1)([c]1ccccc1)[c]1ccccc1. The van der Waals surface area contributed by atoms with Crippen molar-refractivity contribution in [2.45, 2.75) is 13.8 Å². The van der Waals surface area contributed by atoms with Crippen molar-refractivity contribution in [1.82, 2.24) is 0 Å². The normalized spacial score (nSPS) is 11.7. The van der Waals surface area contributed by atoms with Crippen LogP contribution in [0.2, 0.25) is 0 Å². The van der Waals surface area contributed by atoms with Crippen LogP contribution in [0.5, 0.6) is 11.5 Å². The summed E-state index contributed by atoms with van der Waals surface area (Å²) >= 11 is -6.35. The topological polar surface area (TPSA) is 105 Å². The zero-order chi connectivity index (χ0) is 31.9. The van der Waals surface area contributed by atoms with E-state index < -0.39 is 42.1 Å². The summed E-state index contributed by atoms with van der Waals surface area (Å²) in [6.07, 6.45) is 0. The van der Waals surface area contributed by atoms with E-state index in [-0.39, 0.29) is 22.6 Å². The van der Waals surface area contributed by atoms with E-state index in [0.717, 1.165) is 0 Å². The number of hydrogen-bond donors (Lipinski definition) is 0. The van der Waals surface area contributed by atoms with E-state index in [4.69, 9.17) is 15.5 Å². The Morgan fingerprint density at radius 1 is 0.422 bits per heavy atom. The van der Waals surface area contributed by atoms with Crippen LogP contribution in [0, 0.1) is 0 Å². The Morgan fingerprint density at radius 3 is 1.02 bits per heavy atom. The Labute approximate surface area is 262 Å². The van der Waals surface area contributed by atoms with Gasteiger partial charge in [0.05, 0.1) is 0 Å². The standard InChI is InChI=1S/2C9H8O4.3C6H5.Sb/c2*1-6(10)13-8-5-3-2-4-7(8)9(11)12;3*1-2-4-6-5-3-1;/h2*2-5H,1H3,(H,11,12);3*1-5H;/q;;;;;+2/p-2. The summed E-state index contributed by atoms with van der Waals surface area (Å²) in [6.45, 7) is 2.46. The van der Waals surface area contributed by atoms with E-state index in [9.17, 15) is 19.2 Å². The maximum absolute atomic E-state index is 14.5. The van der Waals surface area contributed by atoms with Crippen LogP contribution in [-0.2, 0) is 15.6 Å². The fourth-order valence-corrected chi connectivity index (χ4v) is 18.0. The van der Waals surface area contributed by atoms with Crippen LogP contribution in [0.1, 0.15) is 34.6 Å². The minimum absolute atomic E-state index is 0.00962. The van der Waals surface area contributed by atoms with Crippen LogP contribution in [0.15, 0.2) is 140 Å². The molecule has 45 heavy (non-hydrogen) atoms. The zero-order valence-corrected chi connectivity index (χ0v) is 27.0. The van der Waals surface area contributed by atoms with Crippen LogP contribution < -0.4 is 20.0 Å². The van der Waals surface area contributed by atoms with Gasteiger partial charge in [-0.1, -0.05) is 0 Å². The molecule has 8 nitrogen and oxygen atoms in total.